The molecule has 0 fully saturated rings. The molecule has 0 unspecified atom stereocenters. The van der Waals surface area contributed by atoms with E-state index in [1.54, 1.807) is 13.2 Å². The summed E-state index contributed by atoms with van der Waals surface area (Å²) in [6.45, 7) is 0. The van der Waals surface area contributed by atoms with Gasteiger partial charge in [-0.1, -0.05) is 0 Å². The molecule has 0 rings (SSSR count). The van der Waals surface area contributed by atoms with Crippen LogP contribution in [0.1, 0.15) is 0 Å². The van der Waals surface area contributed by atoms with Crippen LogP contribution in [-0.2, 0) is 4.74 Å². The van der Waals surface area contributed by atoms with E-state index < -0.39 is 0 Å². The van der Waals surface area contributed by atoms with Gasteiger partial charge in [-0.05, 0) is 0 Å². The molecule has 0 aliphatic rings. The van der Waals surface area contributed by atoms with Gasteiger partial charge >= 0.3 is 0 Å². The summed E-state index contributed by atoms with van der Waals surface area (Å²) < 4.78 is 4.70. The molecule has 0 spiro atoms. The maximum atomic E-state index is 6.70. The van der Waals surface area contributed by atoms with Crippen molar-refractivity contribution in [2.75, 3.05) is 14.2 Å². The van der Waals surface area contributed by atoms with Gasteiger partial charge < -0.3 is 15.5 Å². The second-order valence-electron chi connectivity index (χ2n) is 1.18. The zero-order valence-corrected chi connectivity index (χ0v) is 5.06. The Kier molecular flexibility index (Phi) is 3.66. The van der Waals surface area contributed by atoms with Gasteiger partial charge in [0.05, 0.1) is 13.3 Å². The standard InChI is InChI=1S/C5H10N2O/c1-7-4-5(3-6)8-2/h3-4,6-7H,1-2H3/b5-4+,6-3?. The largest absolute Gasteiger partial charge is 0.494 e. The molecule has 0 bridgehead atoms. The molecule has 0 saturated carbocycles. The number of hydrogen-bond donors (Lipinski definition) is 2. The quantitative estimate of drug-likeness (QED) is 0.410. The molecule has 8 heavy (non-hydrogen) atoms. The fraction of sp³-hybridized carbons (Fsp3) is 0.400. The molecular formula is C5H10N2O. The highest BCUT2D eigenvalue weighted by atomic mass is 16.5. The predicted octanol–water partition coefficient (Wildman–Crippen LogP) is 0.343. The second-order valence-corrected chi connectivity index (χ2v) is 1.18. The van der Waals surface area contributed by atoms with Crippen molar-refractivity contribution in [1.82, 2.24) is 5.32 Å². The molecular weight excluding hydrogens is 104 g/mol. The second kappa shape index (κ2) is 4.18. The van der Waals surface area contributed by atoms with Crippen molar-refractivity contribution in [2.45, 2.75) is 0 Å². The minimum atomic E-state index is 0.521. The number of methoxy groups -OCH3 is 1. The van der Waals surface area contributed by atoms with Crippen LogP contribution in [0.4, 0.5) is 0 Å². The number of allylic oxidation sites excluding steroid dienone is 1. The van der Waals surface area contributed by atoms with E-state index >= 15 is 0 Å². The Hall–Kier alpha value is -0.990. The fourth-order valence-corrected chi connectivity index (χ4v) is 0.302. The van der Waals surface area contributed by atoms with Gasteiger partial charge in [-0.25, -0.2) is 0 Å². The summed E-state index contributed by atoms with van der Waals surface area (Å²) >= 11 is 0. The summed E-state index contributed by atoms with van der Waals surface area (Å²) in [5.74, 6) is 0.521. The molecule has 0 aromatic carbocycles. The first-order valence-corrected chi connectivity index (χ1v) is 2.27. The van der Waals surface area contributed by atoms with Gasteiger partial charge in [-0.15, -0.1) is 0 Å². The first-order chi connectivity index (χ1) is 3.85. The van der Waals surface area contributed by atoms with Crippen molar-refractivity contribution in [3.8, 4) is 0 Å². The van der Waals surface area contributed by atoms with Crippen molar-refractivity contribution in [3.63, 3.8) is 0 Å². The SMILES string of the molecule is CN/C=C(\C=N)OC. The lowest BCUT2D eigenvalue weighted by atomic mass is 10.6. The van der Waals surface area contributed by atoms with E-state index in [0.29, 0.717) is 5.76 Å². The monoisotopic (exact) mass is 114 g/mol. The van der Waals surface area contributed by atoms with Gasteiger partial charge in [0.25, 0.3) is 0 Å². The van der Waals surface area contributed by atoms with Gasteiger partial charge in [-0.3, -0.25) is 0 Å². The van der Waals surface area contributed by atoms with Crippen molar-refractivity contribution in [2.24, 2.45) is 0 Å². The molecule has 0 radical (unpaired) electrons. The molecule has 0 atom stereocenters. The van der Waals surface area contributed by atoms with E-state index in [-0.39, 0.29) is 0 Å². The molecule has 0 saturated heterocycles. The third-order valence-corrected chi connectivity index (χ3v) is 0.665. The van der Waals surface area contributed by atoms with Crippen LogP contribution in [0.15, 0.2) is 12.0 Å². The Labute approximate surface area is 48.9 Å². The van der Waals surface area contributed by atoms with Crippen LogP contribution in [0.2, 0.25) is 0 Å². The normalized spacial score (nSPS) is 10.5. The van der Waals surface area contributed by atoms with E-state index in [1.807, 2.05) is 0 Å². The smallest absolute Gasteiger partial charge is 0.151 e. The molecule has 2 N–H and O–H groups in total. The van der Waals surface area contributed by atoms with Crippen LogP contribution in [-0.4, -0.2) is 20.4 Å². The van der Waals surface area contributed by atoms with E-state index in [9.17, 15) is 0 Å². The summed E-state index contributed by atoms with van der Waals surface area (Å²) in [5, 5.41) is 9.44. The summed E-state index contributed by atoms with van der Waals surface area (Å²) in [6, 6.07) is 0. The Morgan fingerprint density at radius 1 is 1.75 bits per heavy atom. The first kappa shape index (κ1) is 7.01. The van der Waals surface area contributed by atoms with Crippen LogP contribution >= 0.6 is 0 Å². The lowest BCUT2D eigenvalue weighted by Gasteiger charge is -1.95. The average Bonchev–Trinajstić information content (AvgIpc) is 1.83. The van der Waals surface area contributed by atoms with Gasteiger partial charge in [0.15, 0.2) is 5.76 Å². The number of rotatable bonds is 3. The zero-order valence-electron chi connectivity index (χ0n) is 5.06. The maximum Gasteiger partial charge on any atom is 0.151 e. The molecule has 0 aromatic rings. The lowest BCUT2D eigenvalue weighted by molar-refractivity contribution is 0.314. The molecule has 0 heterocycles. The maximum absolute atomic E-state index is 6.70. The highest BCUT2D eigenvalue weighted by Gasteiger charge is 1.82. The van der Waals surface area contributed by atoms with E-state index in [2.05, 4.69) is 5.32 Å². The summed E-state index contributed by atoms with van der Waals surface area (Å²) in [7, 11) is 3.27. The van der Waals surface area contributed by atoms with Gasteiger partial charge in [0.2, 0.25) is 0 Å². The minimum Gasteiger partial charge on any atom is -0.494 e. The van der Waals surface area contributed by atoms with Crippen LogP contribution in [0.3, 0.4) is 0 Å². The number of ether oxygens (including phenoxy) is 1. The molecule has 3 nitrogen and oxygen atoms in total. The Morgan fingerprint density at radius 2 is 2.38 bits per heavy atom. The molecule has 0 aliphatic carbocycles. The fourth-order valence-electron chi connectivity index (χ4n) is 0.302. The Morgan fingerprint density at radius 3 is 2.50 bits per heavy atom. The number of hydrogen-bond acceptors (Lipinski definition) is 3. The molecule has 0 aromatic heterocycles. The van der Waals surface area contributed by atoms with Gasteiger partial charge in [0.1, 0.15) is 0 Å². The third kappa shape index (κ3) is 2.23. The molecule has 0 aliphatic heterocycles. The van der Waals surface area contributed by atoms with E-state index in [1.165, 1.54) is 7.11 Å². The van der Waals surface area contributed by atoms with E-state index in [4.69, 9.17) is 10.1 Å². The molecule has 3 heteroatoms. The highest BCUT2D eigenvalue weighted by Crippen LogP contribution is 1.84. The van der Waals surface area contributed by atoms with Crippen LogP contribution in [0.5, 0.6) is 0 Å². The summed E-state index contributed by atoms with van der Waals surface area (Å²) in [5.41, 5.74) is 0. The van der Waals surface area contributed by atoms with Crippen LogP contribution in [0.25, 0.3) is 0 Å². The highest BCUT2D eigenvalue weighted by molar-refractivity contribution is 5.72. The summed E-state index contributed by atoms with van der Waals surface area (Å²) in [4.78, 5) is 0. The topological polar surface area (TPSA) is 45.1 Å². The zero-order chi connectivity index (χ0) is 6.41. The Balaban J connectivity index is 3.66. The minimum absolute atomic E-state index is 0.521. The third-order valence-electron chi connectivity index (χ3n) is 0.665. The predicted molar refractivity (Wildman–Crippen MR) is 32.9 cm³/mol. The summed E-state index contributed by atoms with van der Waals surface area (Å²) in [6.07, 6.45) is 2.74. The van der Waals surface area contributed by atoms with Gasteiger partial charge in [-0.2, -0.15) is 0 Å². The molecule has 0 amide bonds. The van der Waals surface area contributed by atoms with Crippen molar-refractivity contribution in [3.05, 3.63) is 12.0 Å². The van der Waals surface area contributed by atoms with Crippen molar-refractivity contribution < 1.29 is 4.74 Å². The van der Waals surface area contributed by atoms with Gasteiger partial charge in [0, 0.05) is 13.2 Å². The molecule has 46 valence electrons. The first-order valence-electron chi connectivity index (χ1n) is 2.27. The average molecular weight is 114 g/mol. The lowest BCUT2D eigenvalue weighted by Crippen LogP contribution is -1.98. The van der Waals surface area contributed by atoms with Crippen molar-refractivity contribution >= 4 is 6.21 Å². The van der Waals surface area contributed by atoms with Crippen LogP contribution < -0.4 is 5.32 Å². The van der Waals surface area contributed by atoms with Crippen LogP contribution in [0, 0.1) is 5.41 Å². The Bertz CT molecular complexity index is 98.6. The number of nitrogens with one attached hydrogen (secondary N) is 2. The van der Waals surface area contributed by atoms with Crippen molar-refractivity contribution in [1.29, 1.82) is 5.41 Å². The van der Waals surface area contributed by atoms with E-state index in [0.717, 1.165) is 6.21 Å².